The lowest BCUT2D eigenvalue weighted by Crippen LogP contribution is -1.82. The Kier molecular flexibility index (Phi) is 5.55. The third kappa shape index (κ3) is 3.77. The Morgan fingerprint density at radius 3 is 2.06 bits per heavy atom. The summed E-state index contributed by atoms with van der Waals surface area (Å²) in [6, 6.07) is 12.6. The van der Waals surface area contributed by atoms with Gasteiger partial charge in [0.1, 0.15) is 11.5 Å². The van der Waals surface area contributed by atoms with E-state index in [2.05, 4.69) is 31.2 Å². The lowest BCUT2D eigenvalue weighted by molar-refractivity contribution is 0.548. The van der Waals surface area contributed by atoms with Crippen LogP contribution in [0.2, 0.25) is 0 Å². The molecule has 92 valence electrons. The quantitative estimate of drug-likeness (QED) is 0.703. The molecular weight excluding hydrogens is 208 g/mol. The van der Waals surface area contributed by atoms with Gasteiger partial charge >= 0.3 is 0 Å². The summed E-state index contributed by atoms with van der Waals surface area (Å²) in [6.45, 7) is 8.17. The van der Waals surface area contributed by atoms with Crippen LogP contribution in [0.15, 0.2) is 40.8 Å². The lowest BCUT2D eigenvalue weighted by atomic mass is 10.1. The van der Waals surface area contributed by atoms with E-state index in [0.29, 0.717) is 0 Å². The standard InChI is InChI=1S/C14H16O.C2H6/c1-3-4-12-6-8-13(9-7-12)14-10-5-11(2)15-14;1-2/h5-10H,3-4H2,1-2H3;1-2H3. The Morgan fingerprint density at radius 1 is 0.941 bits per heavy atom. The molecule has 1 heteroatoms. The van der Waals surface area contributed by atoms with Crippen molar-refractivity contribution in [2.75, 3.05) is 0 Å². The average Bonchev–Trinajstić information content (AvgIpc) is 2.80. The van der Waals surface area contributed by atoms with Crippen LogP contribution < -0.4 is 0 Å². The smallest absolute Gasteiger partial charge is 0.134 e. The molecule has 2 rings (SSSR count). The summed E-state index contributed by atoms with van der Waals surface area (Å²) in [6.07, 6.45) is 2.34. The molecule has 0 radical (unpaired) electrons. The van der Waals surface area contributed by atoms with Gasteiger partial charge in [0.2, 0.25) is 0 Å². The highest BCUT2D eigenvalue weighted by atomic mass is 16.3. The van der Waals surface area contributed by atoms with Crippen LogP contribution in [-0.2, 0) is 6.42 Å². The lowest BCUT2D eigenvalue weighted by Gasteiger charge is -2.00. The van der Waals surface area contributed by atoms with Gasteiger partial charge in [-0.3, -0.25) is 0 Å². The zero-order valence-electron chi connectivity index (χ0n) is 11.3. The van der Waals surface area contributed by atoms with Crippen molar-refractivity contribution in [2.45, 2.75) is 40.5 Å². The van der Waals surface area contributed by atoms with E-state index in [0.717, 1.165) is 23.5 Å². The maximum absolute atomic E-state index is 5.57. The van der Waals surface area contributed by atoms with Gasteiger partial charge in [0.25, 0.3) is 0 Å². The number of furan rings is 1. The number of aryl methyl sites for hydroxylation is 2. The molecule has 0 amide bonds. The van der Waals surface area contributed by atoms with Gasteiger partial charge in [-0.2, -0.15) is 0 Å². The molecule has 0 aliphatic heterocycles. The molecule has 0 bridgehead atoms. The van der Waals surface area contributed by atoms with Gasteiger partial charge in [-0.05, 0) is 31.0 Å². The maximum atomic E-state index is 5.57. The van der Waals surface area contributed by atoms with Crippen LogP contribution >= 0.6 is 0 Å². The number of hydrogen-bond acceptors (Lipinski definition) is 1. The topological polar surface area (TPSA) is 13.1 Å². The second-order valence-corrected chi connectivity index (χ2v) is 3.86. The molecule has 0 saturated heterocycles. The van der Waals surface area contributed by atoms with Crippen molar-refractivity contribution in [1.29, 1.82) is 0 Å². The number of rotatable bonds is 3. The van der Waals surface area contributed by atoms with Crippen molar-refractivity contribution in [3.8, 4) is 11.3 Å². The SMILES string of the molecule is CC.CCCc1ccc(-c2ccc(C)o2)cc1. The van der Waals surface area contributed by atoms with E-state index < -0.39 is 0 Å². The third-order valence-electron chi connectivity index (χ3n) is 2.52. The van der Waals surface area contributed by atoms with Crippen LogP contribution in [-0.4, -0.2) is 0 Å². The summed E-state index contributed by atoms with van der Waals surface area (Å²) in [5, 5.41) is 0. The van der Waals surface area contributed by atoms with E-state index in [9.17, 15) is 0 Å². The van der Waals surface area contributed by atoms with Crippen molar-refractivity contribution >= 4 is 0 Å². The summed E-state index contributed by atoms with van der Waals surface area (Å²) in [5.74, 6) is 1.91. The Bertz CT molecular complexity index is 423. The third-order valence-corrected chi connectivity index (χ3v) is 2.52. The molecule has 1 aromatic heterocycles. The van der Waals surface area contributed by atoms with Gasteiger partial charge in [0.05, 0.1) is 0 Å². The van der Waals surface area contributed by atoms with Crippen LogP contribution in [0.5, 0.6) is 0 Å². The van der Waals surface area contributed by atoms with Crippen LogP contribution in [0.1, 0.15) is 38.5 Å². The largest absolute Gasteiger partial charge is 0.461 e. The van der Waals surface area contributed by atoms with E-state index in [1.807, 2.05) is 32.9 Å². The van der Waals surface area contributed by atoms with Gasteiger partial charge in [-0.1, -0.05) is 51.5 Å². The van der Waals surface area contributed by atoms with Crippen LogP contribution in [0, 0.1) is 6.92 Å². The molecule has 1 nitrogen and oxygen atoms in total. The van der Waals surface area contributed by atoms with Crippen LogP contribution in [0.3, 0.4) is 0 Å². The first-order valence-corrected chi connectivity index (χ1v) is 6.45. The zero-order chi connectivity index (χ0) is 12.7. The van der Waals surface area contributed by atoms with Crippen molar-refractivity contribution in [2.24, 2.45) is 0 Å². The summed E-state index contributed by atoms with van der Waals surface area (Å²) >= 11 is 0. The van der Waals surface area contributed by atoms with E-state index in [-0.39, 0.29) is 0 Å². The van der Waals surface area contributed by atoms with Gasteiger partial charge in [0, 0.05) is 5.56 Å². The fourth-order valence-electron chi connectivity index (χ4n) is 1.71. The first-order valence-electron chi connectivity index (χ1n) is 6.45. The molecule has 0 N–H and O–H groups in total. The minimum absolute atomic E-state index is 0.954. The second-order valence-electron chi connectivity index (χ2n) is 3.86. The Hall–Kier alpha value is -1.50. The number of hydrogen-bond donors (Lipinski definition) is 0. The number of benzene rings is 1. The van der Waals surface area contributed by atoms with E-state index in [1.165, 1.54) is 12.0 Å². The van der Waals surface area contributed by atoms with E-state index in [4.69, 9.17) is 4.42 Å². The van der Waals surface area contributed by atoms with Crippen LogP contribution in [0.4, 0.5) is 0 Å². The molecule has 0 unspecified atom stereocenters. The molecule has 0 saturated carbocycles. The van der Waals surface area contributed by atoms with Crippen molar-refractivity contribution < 1.29 is 4.42 Å². The highest BCUT2D eigenvalue weighted by Crippen LogP contribution is 2.22. The van der Waals surface area contributed by atoms with Gasteiger partial charge < -0.3 is 4.42 Å². The minimum Gasteiger partial charge on any atom is -0.461 e. The Morgan fingerprint density at radius 2 is 1.59 bits per heavy atom. The van der Waals surface area contributed by atoms with E-state index in [1.54, 1.807) is 0 Å². The minimum atomic E-state index is 0.954. The first-order chi connectivity index (χ1) is 8.29. The van der Waals surface area contributed by atoms with Crippen molar-refractivity contribution in [3.63, 3.8) is 0 Å². The Balaban J connectivity index is 0.000000686. The normalized spacial score (nSPS) is 9.65. The van der Waals surface area contributed by atoms with Gasteiger partial charge in [0.15, 0.2) is 0 Å². The van der Waals surface area contributed by atoms with Gasteiger partial charge in [-0.15, -0.1) is 0 Å². The molecule has 2 aromatic rings. The molecule has 1 heterocycles. The fraction of sp³-hybridized carbons (Fsp3) is 0.375. The summed E-state index contributed by atoms with van der Waals surface area (Å²) < 4.78 is 5.57. The molecule has 0 spiro atoms. The van der Waals surface area contributed by atoms with E-state index >= 15 is 0 Å². The second kappa shape index (κ2) is 6.95. The molecule has 17 heavy (non-hydrogen) atoms. The predicted molar refractivity (Wildman–Crippen MR) is 74.2 cm³/mol. The molecular formula is C16H22O. The van der Waals surface area contributed by atoms with Crippen molar-refractivity contribution in [3.05, 3.63) is 47.7 Å². The fourth-order valence-corrected chi connectivity index (χ4v) is 1.71. The molecule has 0 aliphatic rings. The molecule has 0 fully saturated rings. The molecule has 1 aromatic carbocycles. The maximum Gasteiger partial charge on any atom is 0.134 e. The zero-order valence-corrected chi connectivity index (χ0v) is 11.3. The monoisotopic (exact) mass is 230 g/mol. The highest BCUT2D eigenvalue weighted by molar-refractivity contribution is 5.57. The van der Waals surface area contributed by atoms with Crippen LogP contribution in [0.25, 0.3) is 11.3 Å². The highest BCUT2D eigenvalue weighted by Gasteiger charge is 2.01. The summed E-state index contributed by atoms with van der Waals surface area (Å²) in [7, 11) is 0. The molecule has 0 atom stereocenters. The Labute approximate surface area is 104 Å². The summed E-state index contributed by atoms with van der Waals surface area (Å²) in [4.78, 5) is 0. The molecule has 0 aliphatic carbocycles. The summed E-state index contributed by atoms with van der Waals surface area (Å²) in [5.41, 5.74) is 2.55. The predicted octanol–water partition coefficient (Wildman–Crippen LogP) is 5.23. The average molecular weight is 230 g/mol. The van der Waals surface area contributed by atoms with Gasteiger partial charge in [-0.25, -0.2) is 0 Å². The first kappa shape index (κ1) is 13.6. The van der Waals surface area contributed by atoms with Crippen molar-refractivity contribution in [1.82, 2.24) is 0 Å².